The molecule has 0 aliphatic heterocycles. The molecule has 0 aliphatic rings. The molecule has 4 N–H and O–H groups in total. The lowest BCUT2D eigenvalue weighted by molar-refractivity contribution is 0.477. The Balaban J connectivity index is 2.15. The third-order valence-corrected chi connectivity index (χ3v) is 3.60. The monoisotopic (exact) mass is 321 g/mol. The third-order valence-electron chi connectivity index (χ3n) is 3.60. The summed E-state index contributed by atoms with van der Waals surface area (Å²) in [6, 6.07) is 20.5. The molecule has 0 bridgehead atoms. The first-order chi connectivity index (χ1) is 11.7. The molecule has 120 valence electrons. The third kappa shape index (κ3) is 3.11. The van der Waals surface area contributed by atoms with Crippen LogP contribution in [0, 0.1) is 5.82 Å². The van der Waals surface area contributed by atoms with Crippen molar-refractivity contribution in [1.82, 2.24) is 5.43 Å². The highest BCUT2D eigenvalue weighted by atomic mass is 19.1. The minimum atomic E-state index is -0.440. The molecule has 3 aromatic carbocycles. The van der Waals surface area contributed by atoms with Crippen LogP contribution in [-0.4, -0.2) is 10.9 Å². The van der Waals surface area contributed by atoms with E-state index in [0.717, 1.165) is 5.56 Å². The van der Waals surface area contributed by atoms with Crippen LogP contribution in [0.2, 0.25) is 0 Å². The molecule has 3 aromatic rings. The highest BCUT2D eigenvalue weighted by molar-refractivity contribution is 6.05. The van der Waals surface area contributed by atoms with Gasteiger partial charge in [-0.25, -0.2) is 15.2 Å². The van der Waals surface area contributed by atoms with Crippen LogP contribution in [0.15, 0.2) is 77.8 Å². The van der Waals surface area contributed by atoms with Gasteiger partial charge in [0, 0.05) is 11.1 Å². The highest BCUT2D eigenvalue weighted by Crippen LogP contribution is 2.31. The first-order valence-electron chi connectivity index (χ1n) is 7.38. The molecule has 0 aromatic heterocycles. The maximum atomic E-state index is 13.9. The Morgan fingerprint density at radius 1 is 0.875 bits per heavy atom. The molecule has 0 fully saturated rings. The maximum absolute atomic E-state index is 13.9. The SMILES string of the molecule is NNC(=Nc1ccccc1F)c1ccccc1-c1ccccc1O. The van der Waals surface area contributed by atoms with Crippen LogP contribution in [0.3, 0.4) is 0 Å². The number of para-hydroxylation sites is 2. The van der Waals surface area contributed by atoms with E-state index < -0.39 is 5.82 Å². The number of halogens is 1. The molecule has 0 radical (unpaired) electrons. The smallest absolute Gasteiger partial charge is 0.148 e. The lowest BCUT2D eigenvalue weighted by Crippen LogP contribution is -2.31. The van der Waals surface area contributed by atoms with Gasteiger partial charge in [-0.1, -0.05) is 54.6 Å². The fraction of sp³-hybridized carbons (Fsp3) is 0. The normalized spacial score (nSPS) is 11.3. The van der Waals surface area contributed by atoms with Gasteiger partial charge in [0.1, 0.15) is 23.1 Å². The second-order valence-electron chi connectivity index (χ2n) is 5.12. The number of benzene rings is 3. The van der Waals surface area contributed by atoms with E-state index in [1.807, 2.05) is 24.3 Å². The van der Waals surface area contributed by atoms with Crippen molar-refractivity contribution in [2.45, 2.75) is 0 Å². The van der Waals surface area contributed by atoms with Gasteiger partial charge in [-0.15, -0.1) is 0 Å². The average molecular weight is 321 g/mol. The highest BCUT2D eigenvalue weighted by Gasteiger charge is 2.13. The molecular formula is C19H16FN3O. The van der Waals surface area contributed by atoms with Gasteiger partial charge in [-0.3, -0.25) is 0 Å². The van der Waals surface area contributed by atoms with Gasteiger partial charge < -0.3 is 10.5 Å². The quantitative estimate of drug-likeness (QED) is 0.298. The lowest BCUT2D eigenvalue weighted by atomic mass is 9.98. The van der Waals surface area contributed by atoms with Crippen LogP contribution in [0.5, 0.6) is 5.75 Å². The standard InChI is InChI=1S/C19H16FN3O/c20-16-10-4-5-11-17(16)22-19(23-21)15-9-2-1-7-13(15)14-8-3-6-12-18(14)24/h1-12,24H,21H2,(H,22,23). The number of hydrogen-bond donors (Lipinski definition) is 3. The summed E-state index contributed by atoms with van der Waals surface area (Å²) < 4.78 is 13.9. The van der Waals surface area contributed by atoms with Crippen LogP contribution in [0.4, 0.5) is 10.1 Å². The van der Waals surface area contributed by atoms with E-state index in [1.165, 1.54) is 6.07 Å². The van der Waals surface area contributed by atoms with Crippen molar-refractivity contribution in [1.29, 1.82) is 0 Å². The first-order valence-corrected chi connectivity index (χ1v) is 7.38. The Hall–Kier alpha value is -3.18. The van der Waals surface area contributed by atoms with Crippen LogP contribution in [0.25, 0.3) is 11.1 Å². The van der Waals surface area contributed by atoms with Gasteiger partial charge in [-0.05, 0) is 23.8 Å². The fourth-order valence-electron chi connectivity index (χ4n) is 2.46. The number of amidine groups is 1. The van der Waals surface area contributed by atoms with Gasteiger partial charge in [0.05, 0.1) is 0 Å². The molecule has 4 nitrogen and oxygen atoms in total. The van der Waals surface area contributed by atoms with Crippen molar-refractivity contribution >= 4 is 11.5 Å². The second-order valence-corrected chi connectivity index (χ2v) is 5.12. The van der Waals surface area contributed by atoms with Crippen LogP contribution >= 0.6 is 0 Å². The number of hydrogen-bond acceptors (Lipinski definition) is 3. The number of rotatable bonds is 3. The number of phenols is 1. The molecule has 0 atom stereocenters. The summed E-state index contributed by atoms with van der Waals surface area (Å²) in [5.41, 5.74) is 4.74. The summed E-state index contributed by atoms with van der Waals surface area (Å²) in [7, 11) is 0. The maximum Gasteiger partial charge on any atom is 0.148 e. The molecule has 0 saturated carbocycles. The van der Waals surface area contributed by atoms with Gasteiger partial charge in [0.2, 0.25) is 0 Å². The summed E-state index contributed by atoms with van der Waals surface area (Å²) in [5.74, 6) is 5.63. The molecule has 3 rings (SSSR count). The van der Waals surface area contributed by atoms with E-state index in [-0.39, 0.29) is 11.4 Å². The van der Waals surface area contributed by atoms with Gasteiger partial charge >= 0.3 is 0 Å². The minimum Gasteiger partial charge on any atom is -0.507 e. The van der Waals surface area contributed by atoms with E-state index in [4.69, 9.17) is 5.84 Å². The Labute approximate surface area is 139 Å². The zero-order chi connectivity index (χ0) is 16.9. The van der Waals surface area contributed by atoms with E-state index >= 15 is 0 Å². The average Bonchev–Trinajstić information content (AvgIpc) is 2.62. The van der Waals surface area contributed by atoms with Gasteiger partial charge in [0.25, 0.3) is 0 Å². The minimum absolute atomic E-state index is 0.146. The number of aromatic hydroxyl groups is 1. The van der Waals surface area contributed by atoms with Gasteiger partial charge in [-0.2, -0.15) is 0 Å². The summed E-state index contributed by atoms with van der Waals surface area (Å²) in [6.07, 6.45) is 0. The van der Waals surface area contributed by atoms with Crippen molar-refractivity contribution in [3.63, 3.8) is 0 Å². The van der Waals surface area contributed by atoms with E-state index in [1.54, 1.807) is 42.5 Å². The molecule has 0 spiro atoms. The van der Waals surface area contributed by atoms with E-state index in [0.29, 0.717) is 17.0 Å². The molecule has 0 heterocycles. The number of hydrazine groups is 1. The molecule has 0 unspecified atom stereocenters. The fourth-order valence-corrected chi connectivity index (χ4v) is 2.46. The summed E-state index contributed by atoms with van der Waals surface area (Å²) >= 11 is 0. The molecular weight excluding hydrogens is 305 g/mol. The number of aliphatic imine (C=N–C) groups is 1. The van der Waals surface area contributed by atoms with Crippen molar-refractivity contribution < 1.29 is 9.50 Å². The Morgan fingerprint density at radius 2 is 1.50 bits per heavy atom. The number of nitrogens with zero attached hydrogens (tertiary/aromatic N) is 1. The predicted octanol–water partition coefficient (Wildman–Crippen LogP) is 3.74. The van der Waals surface area contributed by atoms with Crippen molar-refractivity contribution in [2.24, 2.45) is 10.8 Å². The Bertz CT molecular complexity index is 893. The Kier molecular flexibility index (Phi) is 4.54. The number of nitrogens with one attached hydrogen (secondary N) is 1. The molecule has 0 aliphatic carbocycles. The molecule has 5 heteroatoms. The first kappa shape index (κ1) is 15.7. The van der Waals surface area contributed by atoms with Crippen molar-refractivity contribution in [2.75, 3.05) is 0 Å². The largest absolute Gasteiger partial charge is 0.507 e. The Morgan fingerprint density at radius 3 is 2.21 bits per heavy atom. The van der Waals surface area contributed by atoms with Crippen LogP contribution in [-0.2, 0) is 0 Å². The molecule has 0 amide bonds. The molecule has 0 saturated heterocycles. The van der Waals surface area contributed by atoms with E-state index in [9.17, 15) is 9.50 Å². The zero-order valence-corrected chi connectivity index (χ0v) is 12.8. The summed E-state index contributed by atoms with van der Waals surface area (Å²) in [4.78, 5) is 4.29. The predicted molar refractivity (Wildman–Crippen MR) is 93.5 cm³/mol. The molecule has 24 heavy (non-hydrogen) atoms. The van der Waals surface area contributed by atoms with Crippen molar-refractivity contribution in [3.8, 4) is 16.9 Å². The van der Waals surface area contributed by atoms with Crippen LogP contribution in [0.1, 0.15) is 5.56 Å². The van der Waals surface area contributed by atoms with E-state index in [2.05, 4.69) is 10.4 Å². The zero-order valence-electron chi connectivity index (χ0n) is 12.8. The topological polar surface area (TPSA) is 70.6 Å². The summed E-state index contributed by atoms with van der Waals surface area (Å²) in [6.45, 7) is 0. The lowest BCUT2D eigenvalue weighted by Gasteiger charge is -2.13. The van der Waals surface area contributed by atoms with Crippen LogP contribution < -0.4 is 11.3 Å². The number of nitrogens with two attached hydrogens (primary N) is 1. The number of phenolic OH excluding ortho intramolecular Hbond substituents is 1. The second kappa shape index (κ2) is 6.93. The van der Waals surface area contributed by atoms with Crippen molar-refractivity contribution in [3.05, 3.63) is 84.2 Å². The summed E-state index contributed by atoms with van der Waals surface area (Å²) in [5, 5.41) is 10.1. The van der Waals surface area contributed by atoms with Gasteiger partial charge in [0.15, 0.2) is 0 Å².